The smallest absolute Gasteiger partial charge is 0.338 e. The summed E-state index contributed by atoms with van der Waals surface area (Å²) in [5.41, 5.74) is 2.05. The number of aryl methyl sites for hydroxylation is 2. The molecule has 0 saturated carbocycles. The molecule has 138 valence electrons. The summed E-state index contributed by atoms with van der Waals surface area (Å²) in [4.78, 5) is 23.9. The molecule has 0 bridgehead atoms. The SMILES string of the molecule is Cc1cc(NC(=O)COC(=O)c2cc(S(N)(=O)=O)ccc2C)ccc1Br. The molecule has 7 nitrogen and oxygen atoms in total. The third kappa shape index (κ3) is 5.13. The number of hydrogen-bond donors (Lipinski definition) is 2. The lowest BCUT2D eigenvalue weighted by Gasteiger charge is -2.10. The number of nitrogens with one attached hydrogen (secondary N) is 1. The molecule has 0 aromatic heterocycles. The van der Waals surface area contributed by atoms with E-state index in [-0.39, 0.29) is 10.5 Å². The summed E-state index contributed by atoms with van der Waals surface area (Å²) in [5, 5.41) is 7.67. The van der Waals surface area contributed by atoms with Crippen molar-refractivity contribution in [3.8, 4) is 0 Å². The van der Waals surface area contributed by atoms with Gasteiger partial charge in [-0.05, 0) is 55.3 Å². The van der Waals surface area contributed by atoms with Crippen LogP contribution < -0.4 is 10.5 Å². The molecule has 2 rings (SSSR count). The summed E-state index contributed by atoms with van der Waals surface area (Å²) in [7, 11) is -3.95. The first-order valence-electron chi connectivity index (χ1n) is 7.44. The van der Waals surface area contributed by atoms with Crippen molar-refractivity contribution in [1.82, 2.24) is 0 Å². The molecule has 2 aromatic carbocycles. The fourth-order valence-corrected chi connectivity index (χ4v) is 2.91. The third-order valence-corrected chi connectivity index (χ3v) is 5.33. The lowest BCUT2D eigenvalue weighted by atomic mass is 10.1. The number of benzene rings is 2. The minimum Gasteiger partial charge on any atom is -0.452 e. The Bertz CT molecular complexity index is 973. The second-order valence-corrected chi connectivity index (χ2v) is 8.03. The number of amides is 1. The van der Waals surface area contributed by atoms with Gasteiger partial charge in [0.15, 0.2) is 6.61 Å². The minimum absolute atomic E-state index is 0.0313. The van der Waals surface area contributed by atoms with Crippen molar-refractivity contribution in [2.24, 2.45) is 5.14 Å². The highest BCUT2D eigenvalue weighted by molar-refractivity contribution is 9.10. The van der Waals surface area contributed by atoms with Crippen LogP contribution in [-0.2, 0) is 19.6 Å². The summed E-state index contributed by atoms with van der Waals surface area (Å²) in [6.45, 7) is 2.99. The monoisotopic (exact) mass is 440 g/mol. The number of primary sulfonamides is 1. The number of anilines is 1. The van der Waals surface area contributed by atoms with E-state index in [1.54, 1.807) is 25.1 Å². The summed E-state index contributed by atoms with van der Waals surface area (Å²) in [6.07, 6.45) is 0. The minimum atomic E-state index is -3.95. The molecule has 1 amide bonds. The van der Waals surface area contributed by atoms with Crippen LogP contribution in [-0.4, -0.2) is 26.9 Å². The zero-order valence-electron chi connectivity index (χ0n) is 14.1. The Labute approximate surface area is 159 Å². The van der Waals surface area contributed by atoms with Gasteiger partial charge >= 0.3 is 5.97 Å². The molecule has 3 N–H and O–H groups in total. The van der Waals surface area contributed by atoms with E-state index in [0.29, 0.717) is 11.3 Å². The molecule has 0 atom stereocenters. The number of sulfonamides is 1. The standard InChI is InChI=1S/C17H17BrN2O5S/c1-10-3-5-13(26(19,23)24)8-14(10)17(22)25-9-16(21)20-12-4-6-15(18)11(2)7-12/h3-8H,9H2,1-2H3,(H,20,21)(H2,19,23,24). The lowest BCUT2D eigenvalue weighted by Crippen LogP contribution is -2.21. The van der Waals surface area contributed by atoms with Crippen LogP contribution in [0, 0.1) is 13.8 Å². The molecule has 0 radical (unpaired) electrons. The number of hydrogen-bond acceptors (Lipinski definition) is 5. The maximum atomic E-state index is 12.2. The van der Waals surface area contributed by atoms with Gasteiger partial charge in [-0.25, -0.2) is 18.4 Å². The largest absolute Gasteiger partial charge is 0.452 e. The molecule has 0 heterocycles. The van der Waals surface area contributed by atoms with Gasteiger partial charge in [-0.2, -0.15) is 0 Å². The average Bonchev–Trinajstić information content (AvgIpc) is 2.55. The summed E-state index contributed by atoms with van der Waals surface area (Å²) in [6, 6.07) is 9.13. The lowest BCUT2D eigenvalue weighted by molar-refractivity contribution is -0.119. The van der Waals surface area contributed by atoms with Crippen LogP contribution in [0.25, 0.3) is 0 Å². The van der Waals surface area contributed by atoms with E-state index >= 15 is 0 Å². The second-order valence-electron chi connectivity index (χ2n) is 5.61. The first-order valence-corrected chi connectivity index (χ1v) is 9.78. The fourth-order valence-electron chi connectivity index (χ4n) is 2.13. The van der Waals surface area contributed by atoms with E-state index in [0.717, 1.165) is 16.1 Å². The van der Waals surface area contributed by atoms with E-state index < -0.39 is 28.5 Å². The van der Waals surface area contributed by atoms with Crippen molar-refractivity contribution in [1.29, 1.82) is 0 Å². The molecule has 0 saturated heterocycles. The first kappa shape index (κ1) is 20.1. The van der Waals surface area contributed by atoms with Crippen LogP contribution in [0.1, 0.15) is 21.5 Å². The molecular formula is C17H17BrN2O5S. The van der Waals surface area contributed by atoms with Crippen molar-refractivity contribution in [3.05, 3.63) is 57.6 Å². The molecule has 2 aromatic rings. The van der Waals surface area contributed by atoms with E-state index in [1.807, 2.05) is 6.92 Å². The molecule has 0 fully saturated rings. The summed E-state index contributed by atoms with van der Waals surface area (Å²) < 4.78 is 28.7. The summed E-state index contributed by atoms with van der Waals surface area (Å²) >= 11 is 3.36. The molecule has 0 aliphatic rings. The van der Waals surface area contributed by atoms with Gasteiger partial charge in [-0.15, -0.1) is 0 Å². The average molecular weight is 441 g/mol. The van der Waals surface area contributed by atoms with E-state index in [2.05, 4.69) is 21.2 Å². The molecule has 9 heteroatoms. The van der Waals surface area contributed by atoms with Crippen LogP contribution in [0.15, 0.2) is 45.8 Å². The van der Waals surface area contributed by atoms with E-state index in [4.69, 9.17) is 9.88 Å². The Balaban J connectivity index is 2.04. The maximum Gasteiger partial charge on any atom is 0.338 e. The third-order valence-electron chi connectivity index (χ3n) is 3.53. The van der Waals surface area contributed by atoms with Crippen LogP contribution in [0.4, 0.5) is 5.69 Å². The van der Waals surface area contributed by atoms with Gasteiger partial charge in [-0.3, -0.25) is 4.79 Å². The Kier molecular flexibility index (Phi) is 6.17. The Morgan fingerprint density at radius 2 is 1.81 bits per heavy atom. The first-order chi connectivity index (χ1) is 12.1. The quantitative estimate of drug-likeness (QED) is 0.692. The van der Waals surface area contributed by atoms with Gasteiger partial charge in [0.2, 0.25) is 10.0 Å². The number of ether oxygens (including phenoxy) is 1. The normalized spacial score (nSPS) is 11.1. The zero-order chi connectivity index (χ0) is 19.5. The fraction of sp³-hybridized carbons (Fsp3) is 0.176. The molecule has 0 spiro atoms. The van der Waals surface area contributed by atoms with Crippen molar-refractivity contribution >= 4 is 43.5 Å². The Morgan fingerprint density at radius 3 is 2.42 bits per heavy atom. The highest BCUT2D eigenvalue weighted by Crippen LogP contribution is 2.20. The van der Waals surface area contributed by atoms with Crippen molar-refractivity contribution in [2.75, 3.05) is 11.9 Å². The van der Waals surface area contributed by atoms with Crippen LogP contribution in [0.5, 0.6) is 0 Å². The Morgan fingerprint density at radius 1 is 1.12 bits per heavy atom. The molecular weight excluding hydrogens is 424 g/mol. The van der Waals surface area contributed by atoms with E-state index in [1.165, 1.54) is 12.1 Å². The van der Waals surface area contributed by atoms with E-state index in [9.17, 15) is 18.0 Å². The number of carbonyl (C=O) groups is 2. The van der Waals surface area contributed by atoms with Crippen LogP contribution >= 0.6 is 15.9 Å². The topological polar surface area (TPSA) is 116 Å². The number of carbonyl (C=O) groups excluding carboxylic acids is 2. The van der Waals surface area contributed by atoms with Gasteiger partial charge in [0, 0.05) is 10.2 Å². The number of halogens is 1. The Hall–Kier alpha value is -2.23. The van der Waals surface area contributed by atoms with Crippen molar-refractivity contribution in [3.63, 3.8) is 0 Å². The number of nitrogens with two attached hydrogens (primary N) is 1. The molecule has 0 unspecified atom stereocenters. The maximum absolute atomic E-state index is 12.2. The van der Waals surface area contributed by atoms with Crippen LogP contribution in [0.3, 0.4) is 0 Å². The second kappa shape index (κ2) is 7.98. The molecule has 0 aliphatic heterocycles. The molecule has 0 aliphatic carbocycles. The van der Waals surface area contributed by atoms with Crippen LogP contribution in [0.2, 0.25) is 0 Å². The highest BCUT2D eigenvalue weighted by Gasteiger charge is 2.17. The predicted octanol–water partition coefficient (Wildman–Crippen LogP) is 2.51. The van der Waals surface area contributed by atoms with Crippen molar-refractivity contribution < 1.29 is 22.7 Å². The molecule has 26 heavy (non-hydrogen) atoms. The van der Waals surface area contributed by atoms with Crippen molar-refractivity contribution in [2.45, 2.75) is 18.7 Å². The zero-order valence-corrected chi connectivity index (χ0v) is 16.5. The summed E-state index contributed by atoms with van der Waals surface area (Å²) in [5.74, 6) is -1.32. The van der Waals surface area contributed by atoms with Gasteiger partial charge in [0.1, 0.15) is 0 Å². The number of esters is 1. The van der Waals surface area contributed by atoms with Gasteiger partial charge in [0.05, 0.1) is 10.5 Å². The number of rotatable bonds is 5. The predicted molar refractivity (Wildman–Crippen MR) is 100 cm³/mol. The van der Waals surface area contributed by atoms with Gasteiger partial charge < -0.3 is 10.1 Å². The highest BCUT2D eigenvalue weighted by atomic mass is 79.9. The van der Waals surface area contributed by atoms with Gasteiger partial charge in [-0.1, -0.05) is 22.0 Å². The van der Waals surface area contributed by atoms with Gasteiger partial charge in [0.25, 0.3) is 5.91 Å².